The monoisotopic (exact) mass is 349 g/mol. The van der Waals surface area contributed by atoms with E-state index in [2.05, 4.69) is 26.7 Å². The van der Waals surface area contributed by atoms with Crippen molar-refractivity contribution in [1.29, 1.82) is 0 Å². The van der Waals surface area contributed by atoms with Crippen LogP contribution in [0.25, 0.3) is 5.78 Å². The Kier molecular flexibility index (Phi) is 4.93. The summed E-state index contributed by atoms with van der Waals surface area (Å²) < 4.78 is 1.89. The van der Waals surface area contributed by atoms with Gasteiger partial charge in [-0.3, -0.25) is 9.20 Å². The van der Waals surface area contributed by atoms with Crippen molar-refractivity contribution in [3.05, 3.63) is 65.7 Å². The van der Waals surface area contributed by atoms with Crippen molar-refractivity contribution in [3.63, 3.8) is 0 Å². The lowest BCUT2D eigenvalue weighted by Gasteiger charge is -2.13. The van der Waals surface area contributed by atoms with E-state index < -0.39 is 0 Å². The number of rotatable bonds is 6. The molecule has 0 radical (unpaired) electrons. The predicted octanol–water partition coefficient (Wildman–Crippen LogP) is 1.85. The topological polar surface area (TPSA) is 71.3 Å². The molecule has 1 aliphatic rings. The summed E-state index contributed by atoms with van der Waals surface area (Å²) in [5.74, 6) is 1.30. The summed E-state index contributed by atoms with van der Waals surface area (Å²) >= 11 is 0. The van der Waals surface area contributed by atoms with Gasteiger partial charge in [-0.05, 0) is 49.5 Å². The molecule has 1 unspecified atom stereocenters. The van der Waals surface area contributed by atoms with Crippen molar-refractivity contribution in [2.75, 3.05) is 19.6 Å². The van der Waals surface area contributed by atoms with Crippen LogP contribution in [0, 0.1) is 5.92 Å². The van der Waals surface area contributed by atoms with Crippen LogP contribution < -0.4 is 10.6 Å². The lowest BCUT2D eigenvalue weighted by molar-refractivity contribution is 0.0953. The highest BCUT2D eigenvalue weighted by molar-refractivity contribution is 5.95. The highest BCUT2D eigenvalue weighted by Gasteiger charge is 2.18. The van der Waals surface area contributed by atoms with Gasteiger partial charge < -0.3 is 10.6 Å². The normalized spacial score (nSPS) is 16.8. The number of nitrogens with zero attached hydrogens (tertiary/aromatic N) is 3. The van der Waals surface area contributed by atoms with Gasteiger partial charge >= 0.3 is 0 Å². The maximum atomic E-state index is 12.6. The summed E-state index contributed by atoms with van der Waals surface area (Å²) in [6, 6.07) is 9.80. The highest BCUT2D eigenvalue weighted by atomic mass is 16.1. The third-order valence-electron chi connectivity index (χ3n) is 4.89. The van der Waals surface area contributed by atoms with Crippen LogP contribution in [0.5, 0.6) is 0 Å². The van der Waals surface area contributed by atoms with E-state index in [4.69, 9.17) is 0 Å². The van der Waals surface area contributed by atoms with Gasteiger partial charge in [0.2, 0.25) is 5.78 Å². The number of hydrogen-bond acceptors (Lipinski definition) is 4. The van der Waals surface area contributed by atoms with Crippen LogP contribution in [0.2, 0.25) is 0 Å². The van der Waals surface area contributed by atoms with Crippen molar-refractivity contribution < 1.29 is 4.79 Å². The number of imidazole rings is 1. The van der Waals surface area contributed by atoms with Gasteiger partial charge in [-0.15, -0.1) is 0 Å². The fraction of sp³-hybridized carbons (Fsp3) is 0.350. The van der Waals surface area contributed by atoms with Crippen LogP contribution in [-0.4, -0.2) is 39.9 Å². The summed E-state index contributed by atoms with van der Waals surface area (Å²) in [6.07, 6.45) is 8.42. The number of benzene rings is 1. The van der Waals surface area contributed by atoms with Crippen molar-refractivity contribution >= 4 is 11.7 Å². The number of amides is 1. The van der Waals surface area contributed by atoms with Gasteiger partial charge in [0.05, 0.1) is 5.69 Å². The number of nitrogens with one attached hydrogen (secondary N) is 2. The molecular formula is C20H23N5O. The summed E-state index contributed by atoms with van der Waals surface area (Å²) in [5, 5.41) is 6.42. The second kappa shape index (κ2) is 7.66. The first kappa shape index (κ1) is 16.7. The minimum atomic E-state index is -0.00607. The predicted molar refractivity (Wildman–Crippen MR) is 100 cm³/mol. The average molecular weight is 349 g/mol. The van der Waals surface area contributed by atoms with Gasteiger partial charge in [0.1, 0.15) is 0 Å². The Bertz CT molecular complexity index is 865. The first-order valence-corrected chi connectivity index (χ1v) is 9.15. The molecule has 134 valence electrons. The third-order valence-corrected chi connectivity index (χ3v) is 4.89. The molecule has 1 saturated heterocycles. The summed E-state index contributed by atoms with van der Waals surface area (Å²) in [4.78, 5) is 21.3. The third kappa shape index (κ3) is 3.75. The molecule has 1 atom stereocenters. The smallest absolute Gasteiger partial charge is 0.251 e. The molecule has 0 spiro atoms. The molecule has 1 aliphatic heterocycles. The molecule has 3 aromatic rings. The minimum Gasteiger partial charge on any atom is -0.352 e. The molecular weight excluding hydrogens is 326 g/mol. The number of hydrogen-bond donors (Lipinski definition) is 2. The van der Waals surface area contributed by atoms with Gasteiger partial charge in [0.15, 0.2) is 0 Å². The Hall–Kier alpha value is -2.73. The van der Waals surface area contributed by atoms with E-state index in [1.54, 1.807) is 6.20 Å². The van der Waals surface area contributed by atoms with Gasteiger partial charge in [-0.25, -0.2) is 9.97 Å². The first-order valence-electron chi connectivity index (χ1n) is 9.15. The Morgan fingerprint density at radius 1 is 1.31 bits per heavy atom. The molecule has 1 fully saturated rings. The van der Waals surface area contributed by atoms with Crippen LogP contribution >= 0.6 is 0 Å². The number of fused-ring (bicyclic) bond motifs is 1. The lowest BCUT2D eigenvalue weighted by Crippen LogP contribution is -2.27. The molecule has 2 N–H and O–H groups in total. The van der Waals surface area contributed by atoms with Crippen LogP contribution in [0.4, 0.5) is 0 Å². The minimum absolute atomic E-state index is 0.00607. The van der Waals surface area contributed by atoms with Crippen molar-refractivity contribution in [1.82, 2.24) is 25.0 Å². The quantitative estimate of drug-likeness (QED) is 0.712. The fourth-order valence-corrected chi connectivity index (χ4v) is 3.52. The summed E-state index contributed by atoms with van der Waals surface area (Å²) in [7, 11) is 0. The highest BCUT2D eigenvalue weighted by Crippen LogP contribution is 2.18. The zero-order valence-corrected chi connectivity index (χ0v) is 14.7. The second-order valence-corrected chi connectivity index (χ2v) is 6.79. The van der Waals surface area contributed by atoms with Crippen molar-refractivity contribution in [2.24, 2.45) is 5.92 Å². The Labute approximate surface area is 152 Å². The summed E-state index contributed by atoms with van der Waals surface area (Å²) in [6.45, 7) is 2.67. The van der Waals surface area contributed by atoms with Gasteiger partial charge in [-0.1, -0.05) is 18.2 Å². The molecule has 1 aromatic carbocycles. The molecule has 0 aliphatic carbocycles. The number of carbonyl (C=O) groups excluding carboxylic acids is 1. The maximum Gasteiger partial charge on any atom is 0.251 e. The Morgan fingerprint density at radius 3 is 3.08 bits per heavy atom. The van der Waals surface area contributed by atoms with Gasteiger partial charge in [0, 0.05) is 37.1 Å². The number of aromatic nitrogens is 3. The van der Waals surface area contributed by atoms with E-state index in [-0.39, 0.29) is 5.91 Å². The zero-order valence-electron chi connectivity index (χ0n) is 14.7. The maximum absolute atomic E-state index is 12.6. The fourth-order valence-electron chi connectivity index (χ4n) is 3.52. The molecule has 1 amide bonds. The van der Waals surface area contributed by atoms with Crippen molar-refractivity contribution in [3.8, 4) is 0 Å². The largest absolute Gasteiger partial charge is 0.352 e. The van der Waals surface area contributed by atoms with Crippen LogP contribution in [0.1, 0.15) is 28.0 Å². The van der Waals surface area contributed by atoms with Crippen molar-refractivity contribution in [2.45, 2.75) is 19.3 Å². The van der Waals surface area contributed by atoms with Crippen LogP contribution in [0.3, 0.4) is 0 Å². The SMILES string of the molecule is O=C(NCCc1cn2cccnc2n1)c1ccccc1CC1CCNC1. The molecule has 0 saturated carbocycles. The van der Waals surface area contributed by atoms with E-state index in [0.717, 1.165) is 36.3 Å². The molecule has 6 nitrogen and oxygen atoms in total. The molecule has 2 aromatic heterocycles. The molecule has 3 heterocycles. The van der Waals surface area contributed by atoms with E-state index in [1.165, 1.54) is 6.42 Å². The second-order valence-electron chi connectivity index (χ2n) is 6.79. The first-order chi connectivity index (χ1) is 12.8. The lowest BCUT2D eigenvalue weighted by atomic mass is 9.94. The molecule has 6 heteroatoms. The summed E-state index contributed by atoms with van der Waals surface area (Å²) in [5.41, 5.74) is 2.85. The molecule has 4 rings (SSSR count). The molecule has 26 heavy (non-hydrogen) atoms. The molecule has 0 bridgehead atoms. The van der Waals surface area contributed by atoms with E-state index in [9.17, 15) is 4.79 Å². The van der Waals surface area contributed by atoms with Crippen LogP contribution in [0.15, 0.2) is 48.9 Å². The van der Waals surface area contributed by atoms with E-state index in [1.807, 2.05) is 41.1 Å². The van der Waals surface area contributed by atoms with Crippen LogP contribution in [-0.2, 0) is 12.8 Å². The average Bonchev–Trinajstić information content (AvgIpc) is 3.31. The number of carbonyl (C=O) groups is 1. The van der Waals surface area contributed by atoms with Gasteiger partial charge in [-0.2, -0.15) is 0 Å². The van der Waals surface area contributed by atoms with Gasteiger partial charge in [0.25, 0.3) is 5.91 Å². The zero-order chi connectivity index (χ0) is 17.8. The Balaban J connectivity index is 1.37. The van der Waals surface area contributed by atoms with E-state index in [0.29, 0.717) is 24.7 Å². The van der Waals surface area contributed by atoms with E-state index >= 15 is 0 Å². The standard InChI is InChI=1S/C20H23N5O/c26-19(18-5-2-1-4-16(18)12-15-6-9-21-13-15)22-10-7-17-14-25-11-3-8-23-20(25)24-17/h1-5,8,11,14-15,21H,6-7,9-10,12-13H2,(H,22,26). The Morgan fingerprint density at radius 2 is 2.23 bits per heavy atom.